The van der Waals surface area contributed by atoms with E-state index in [2.05, 4.69) is 20.2 Å². The van der Waals surface area contributed by atoms with E-state index in [0.29, 0.717) is 16.9 Å². The van der Waals surface area contributed by atoms with Gasteiger partial charge in [-0.1, -0.05) is 0 Å². The zero-order chi connectivity index (χ0) is 11.8. The van der Waals surface area contributed by atoms with Gasteiger partial charge in [0.15, 0.2) is 0 Å². The van der Waals surface area contributed by atoms with Crippen molar-refractivity contribution in [2.24, 2.45) is 0 Å². The number of rotatable bonds is 2. The monoisotopic (exact) mass is 229 g/mol. The first-order valence-corrected chi connectivity index (χ1v) is 4.81. The van der Waals surface area contributed by atoms with Crippen LogP contribution in [0.15, 0.2) is 31.0 Å². The molecule has 7 heteroatoms. The number of pyridine rings is 1. The zero-order valence-corrected chi connectivity index (χ0v) is 8.53. The summed E-state index contributed by atoms with van der Waals surface area (Å²) in [4.78, 5) is 19.3. The Morgan fingerprint density at radius 1 is 1.47 bits per heavy atom. The van der Waals surface area contributed by atoms with Gasteiger partial charge in [-0.05, 0) is 6.07 Å². The molecule has 3 aromatic heterocycles. The molecule has 7 nitrogen and oxygen atoms in total. The lowest BCUT2D eigenvalue weighted by Gasteiger charge is -2.03. The maximum atomic E-state index is 11.1. The van der Waals surface area contributed by atoms with Gasteiger partial charge in [0.2, 0.25) is 0 Å². The van der Waals surface area contributed by atoms with Crippen molar-refractivity contribution in [1.82, 2.24) is 24.7 Å². The van der Waals surface area contributed by atoms with Crippen LogP contribution < -0.4 is 0 Å². The Labute approximate surface area is 94.7 Å². The molecule has 0 amide bonds. The molecule has 3 aromatic rings. The molecule has 0 aliphatic rings. The third kappa shape index (κ3) is 1.44. The van der Waals surface area contributed by atoms with Gasteiger partial charge in [-0.2, -0.15) is 5.10 Å². The van der Waals surface area contributed by atoms with Crippen molar-refractivity contribution in [3.05, 3.63) is 36.5 Å². The molecular weight excluding hydrogens is 222 g/mol. The van der Waals surface area contributed by atoms with Crippen molar-refractivity contribution in [3.63, 3.8) is 0 Å². The molecule has 0 radical (unpaired) electrons. The second kappa shape index (κ2) is 3.41. The molecule has 0 fully saturated rings. The van der Waals surface area contributed by atoms with Crippen LogP contribution in [0, 0.1) is 0 Å². The average molecular weight is 229 g/mol. The minimum Gasteiger partial charge on any atom is -0.478 e. The van der Waals surface area contributed by atoms with Crippen molar-refractivity contribution in [2.75, 3.05) is 0 Å². The first-order chi connectivity index (χ1) is 8.25. The van der Waals surface area contributed by atoms with E-state index in [0.717, 1.165) is 0 Å². The third-order valence-corrected chi connectivity index (χ3v) is 2.40. The first kappa shape index (κ1) is 9.52. The standard InChI is InChI=1S/C10H7N5O2/c16-10(17)6-3-8(15-2-1-11-5-15)13-7-4-12-14-9(6)7/h1-5H,(H,12,14)(H,16,17). The largest absolute Gasteiger partial charge is 0.478 e. The van der Waals surface area contributed by atoms with Crippen LogP contribution in [0.3, 0.4) is 0 Å². The van der Waals surface area contributed by atoms with E-state index >= 15 is 0 Å². The number of aromatic amines is 1. The molecule has 0 bridgehead atoms. The zero-order valence-electron chi connectivity index (χ0n) is 8.53. The number of carbonyl (C=O) groups is 1. The molecule has 0 atom stereocenters. The van der Waals surface area contributed by atoms with Crippen molar-refractivity contribution in [3.8, 4) is 5.82 Å². The molecular formula is C10H7N5O2. The van der Waals surface area contributed by atoms with E-state index < -0.39 is 5.97 Å². The minimum atomic E-state index is -1.02. The Kier molecular flexibility index (Phi) is 1.91. The molecule has 0 aliphatic heterocycles. The van der Waals surface area contributed by atoms with E-state index in [-0.39, 0.29) is 5.56 Å². The molecule has 84 valence electrons. The number of aromatic carboxylic acids is 1. The smallest absolute Gasteiger partial charge is 0.338 e. The molecule has 0 aromatic carbocycles. The summed E-state index contributed by atoms with van der Waals surface area (Å²) >= 11 is 0. The molecule has 3 rings (SSSR count). The summed E-state index contributed by atoms with van der Waals surface area (Å²) in [6.07, 6.45) is 6.34. The number of fused-ring (bicyclic) bond motifs is 1. The van der Waals surface area contributed by atoms with E-state index in [9.17, 15) is 4.79 Å². The Morgan fingerprint density at radius 2 is 2.35 bits per heavy atom. The van der Waals surface area contributed by atoms with Gasteiger partial charge in [-0.15, -0.1) is 0 Å². The van der Waals surface area contributed by atoms with E-state index in [1.54, 1.807) is 23.3 Å². The number of nitrogens with one attached hydrogen (secondary N) is 1. The van der Waals surface area contributed by atoms with Crippen LogP contribution in [0.1, 0.15) is 10.4 Å². The summed E-state index contributed by atoms with van der Waals surface area (Å²) in [7, 11) is 0. The second-order valence-electron chi connectivity index (χ2n) is 3.43. The van der Waals surface area contributed by atoms with Crippen LogP contribution in [0.4, 0.5) is 0 Å². The molecule has 0 spiro atoms. The van der Waals surface area contributed by atoms with Gasteiger partial charge in [0.1, 0.15) is 17.7 Å². The van der Waals surface area contributed by atoms with Crippen LogP contribution in [-0.2, 0) is 0 Å². The molecule has 0 saturated carbocycles. The number of aromatic nitrogens is 5. The van der Waals surface area contributed by atoms with Crippen LogP contribution in [0.25, 0.3) is 16.9 Å². The fourth-order valence-electron chi connectivity index (χ4n) is 1.62. The number of carboxylic acids is 1. The van der Waals surface area contributed by atoms with Gasteiger partial charge in [0, 0.05) is 12.4 Å². The van der Waals surface area contributed by atoms with E-state index in [1.165, 1.54) is 12.3 Å². The normalized spacial score (nSPS) is 10.8. The van der Waals surface area contributed by atoms with E-state index in [1.807, 2.05) is 0 Å². The Balaban J connectivity index is 2.31. The van der Waals surface area contributed by atoms with E-state index in [4.69, 9.17) is 5.11 Å². The van der Waals surface area contributed by atoms with Gasteiger partial charge in [-0.3, -0.25) is 9.67 Å². The maximum Gasteiger partial charge on any atom is 0.338 e. The van der Waals surface area contributed by atoms with Gasteiger partial charge in [0.05, 0.1) is 17.3 Å². The van der Waals surface area contributed by atoms with Gasteiger partial charge in [-0.25, -0.2) is 14.8 Å². The van der Waals surface area contributed by atoms with Crippen molar-refractivity contribution >= 4 is 17.0 Å². The number of hydrogen-bond acceptors (Lipinski definition) is 4. The molecule has 17 heavy (non-hydrogen) atoms. The van der Waals surface area contributed by atoms with Crippen LogP contribution in [0.2, 0.25) is 0 Å². The molecule has 2 N–H and O–H groups in total. The molecule has 0 unspecified atom stereocenters. The van der Waals surface area contributed by atoms with Gasteiger partial charge < -0.3 is 5.11 Å². The van der Waals surface area contributed by atoms with Crippen molar-refractivity contribution in [2.45, 2.75) is 0 Å². The number of carboxylic acid groups (broad SMARTS) is 1. The highest BCUT2D eigenvalue weighted by Gasteiger charge is 2.13. The lowest BCUT2D eigenvalue weighted by molar-refractivity contribution is 0.0698. The number of nitrogens with zero attached hydrogens (tertiary/aromatic N) is 4. The minimum absolute atomic E-state index is 0.135. The Morgan fingerprint density at radius 3 is 3.06 bits per heavy atom. The summed E-state index contributed by atoms with van der Waals surface area (Å²) in [6.45, 7) is 0. The summed E-state index contributed by atoms with van der Waals surface area (Å²) < 4.78 is 1.64. The Bertz CT molecular complexity index is 686. The average Bonchev–Trinajstić information content (AvgIpc) is 2.98. The highest BCUT2D eigenvalue weighted by molar-refractivity contribution is 6.01. The third-order valence-electron chi connectivity index (χ3n) is 2.40. The Hall–Kier alpha value is -2.70. The second-order valence-corrected chi connectivity index (χ2v) is 3.43. The number of hydrogen-bond donors (Lipinski definition) is 2. The SMILES string of the molecule is O=C(O)c1cc(-n2ccnc2)nc2cn[nH]c12. The number of H-pyrrole nitrogens is 1. The highest BCUT2D eigenvalue weighted by atomic mass is 16.4. The quantitative estimate of drug-likeness (QED) is 0.678. The summed E-state index contributed by atoms with van der Waals surface area (Å²) in [5, 5.41) is 15.5. The van der Waals surface area contributed by atoms with Crippen LogP contribution >= 0.6 is 0 Å². The summed E-state index contributed by atoms with van der Waals surface area (Å²) in [6, 6.07) is 1.48. The van der Waals surface area contributed by atoms with Crippen LogP contribution in [0.5, 0.6) is 0 Å². The topological polar surface area (TPSA) is 96.7 Å². The molecule has 0 aliphatic carbocycles. The predicted molar refractivity (Wildman–Crippen MR) is 58.0 cm³/mol. The van der Waals surface area contributed by atoms with Crippen molar-refractivity contribution < 1.29 is 9.90 Å². The number of imidazole rings is 1. The summed E-state index contributed by atoms with van der Waals surface area (Å²) in [5.41, 5.74) is 1.06. The lowest BCUT2D eigenvalue weighted by atomic mass is 10.2. The maximum absolute atomic E-state index is 11.1. The fraction of sp³-hybridized carbons (Fsp3) is 0. The highest BCUT2D eigenvalue weighted by Crippen LogP contribution is 2.17. The molecule has 3 heterocycles. The lowest BCUT2D eigenvalue weighted by Crippen LogP contribution is -2.02. The van der Waals surface area contributed by atoms with Crippen molar-refractivity contribution in [1.29, 1.82) is 0 Å². The van der Waals surface area contributed by atoms with Crippen LogP contribution in [-0.4, -0.2) is 35.8 Å². The van der Waals surface area contributed by atoms with Gasteiger partial charge >= 0.3 is 5.97 Å². The predicted octanol–water partition coefficient (Wildman–Crippen LogP) is 0.842. The van der Waals surface area contributed by atoms with Gasteiger partial charge in [0.25, 0.3) is 0 Å². The fourth-order valence-corrected chi connectivity index (χ4v) is 1.62. The first-order valence-electron chi connectivity index (χ1n) is 4.81. The molecule has 0 saturated heterocycles. The summed E-state index contributed by atoms with van der Waals surface area (Å²) in [5.74, 6) is -0.531.